The van der Waals surface area contributed by atoms with E-state index in [-0.39, 0.29) is 6.10 Å². The average molecular weight is 211 g/mol. The molecule has 0 saturated heterocycles. The van der Waals surface area contributed by atoms with Crippen LogP contribution in [0.4, 0.5) is 0 Å². The van der Waals surface area contributed by atoms with Crippen LogP contribution in [0.2, 0.25) is 0 Å². The largest absolute Gasteiger partial charge is 0.392 e. The summed E-state index contributed by atoms with van der Waals surface area (Å²) in [7, 11) is 0. The summed E-state index contributed by atoms with van der Waals surface area (Å²) in [5, 5.41) is 13.0. The predicted octanol–water partition coefficient (Wildman–Crippen LogP) is 2.34. The summed E-state index contributed by atoms with van der Waals surface area (Å²) in [5.41, 5.74) is 0. The van der Waals surface area contributed by atoms with Gasteiger partial charge in [0.25, 0.3) is 0 Å². The number of aliphatic hydroxyl groups is 1. The fourth-order valence-corrected chi connectivity index (χ4v) is 2.12. The monoisotopic (exact) mass is 211 g/mol. The Morgan fingerprint density at radius 2 is 2.20 bits per heavy atom. The molecule has 0 aromatic carbocycles. The number of rotatable bonds is 6. The Morgan fingerprint density at radius 3 is 2.80 bits per heavy atom. The number of hydrogen-bond donors (Lipinski definition) is 2. The third kappa shape index (κ3) is 5.95. The fourth-order valence-electron chi connectivity index (χ4n) is 2.12. The molecule has 0 spiro atoms. The maximum absolute atomic E-state index is 9.67. The van der Waals surface area contributed by atoms with Crippen molar-refractivity contribution in [2.24, 2.45) is 11.8 Å². The molecule has 88 valence electrons. The molecule has 2 nitrogen and oxygen atoms in total. The lowest BCUT2D eigenvalue weighted by molar-refractivity contribution is 0.144. The van der Waals surface area contributed by atoms with E-state index in [0.717, 1.165) is 25.4 Å². The van der Waals surface area contributed by atoms with Crippen LogP contribution in [0.3, 0.4) is 0 Å². The zero-order valence-electron chi connectivity index (χ0n) is 10.1. The number of allylic oxidation sites excluding steroid dienone is 2. The minimum atomic E-state index is -0.177. The standard InChI is InChI=1S/C13H25NO/c1-11(2)8-13(15)10-14-9-12-6-4-3-5-7-12/h3-4,11-15H,5-10H2,1-2H3. The van der Waals surface area contributed by atoms with Gasteiger partial charge in [-0.1, -0.05) is 26.0 Å². The summed E-state index contributed by atoms with van der Waals surface area (Å²) in [6.07, 6.45) is 8.99. The van der Waals surface area contributed by atoms with Crippen molar-refractivity contribution < 1.29 is 5.11 Å². The maximum atomic E-state index is 9.67. The molecule has 1 aliphatic rings. The van der Waals surface area contributed by atoms with Crippen LogP contribution in [0, 0.1) is 11.8 Å². The van der Waals surface area contributed by atoms with Crippen molar-refractivity contribution in [1.82, 2.24) is 5.32 Å². The van der Waals surface area contributed by atoms with E-state index in [1.54, 1.807) is 0 Å². The molecule has 1 rings (SSSR count). The van der Waals surface area contributed by atoms with Crippen LogP contribution in [0.15, 0.2) is 12.2 Å². The molecule has 0 saturated carbocycles. The Hall–Kier alpha value is -0.340. The third-order valence-corrected chi connectivity index (χ3v) is 2.93. The highest BCUT2D eigenvalue weighted by Gasteiger charge is 2.11. The molecule has 0 aromatic heterocycles. The average Bonchev–Trinajstić information content (AvgIpc) is 2.18. The third-order valence-electron chi connectivity index (χ3n) is 2.93. The molecule has 0 aliphatic heterocycles. The van der Waals surface area contributed by atoms with Crippen molar-refractivity contribution in [2.45, 2.75) is 45.6 Å². The number of nitrogens with one attached hydrogen (secondary N) is 1. The molecule has 0 fully saturated rings. The highest BCUT2D eigenvalue weighted by atomic mass is 16.3. The second kappa shape index (κ2) is 7.02. The van der Waals surface area contributed by atoms with Crippen LogP contribution in [0.5, 0.6) is 0 Å². The van der Waals surface area contributed by atoms with Gasteiger partial charge >= 0.3 is 0 Å². The molecule has 15 heavy (non-hydrogen) atoms. The topological polar surface area (TPSA) is 32.3 Å². The van der Waals surface area contributed by atoms with Crippen molar-refractivity contribution in [3.05, 3.63) is 12.2 Å². The zero-order valence-corrected chi connectivity index (χ0v) is 10.1. The molecule has 2 heteroatoms. The normalized spacial score (nSPS) is 23.3. The van der Waals surface area contributed by atoms with E-state index in [4.69, 9.17) is 0 Å². The molecule has 1 aliphatic carbocycles. The smallest absolute Gasteiger partial charge is 0.0667 e. The molecule has 2 atom stereocenters. The van der Waals surface area contributed by atoms with Crippen LogP contribution in [0.1, 0.15) is 39.5 Å². The van der Waals surface area contributed by atoms with E-state index in [9.17, 15) is 5.11 Å². The molecule has 0 bridgehead atoms. The number of hydrogen-bond acceptors (Lipinski definition) is 2. The predicted molar refractivity (Wildman–Crippen MR) is 64.8 cm³/mol. The highest BCUT2D eigenvalue weighted by Crippen LogP contribution is 2.16. The van der Waals surface area contributed by atoms with E-state index in [1.165, 1.54) is 19.3 Å². The molecular formula is C13H25NO. The zero-order chi connectivity index (χ0) is 11.1. The van der Waals surface area contributed by atoms with E-state index in [0.29, 0.717) is 5.92 Å². The first-order chi connectivity index (χ1) is 7.18. The lowest BCUT2D eigenvalue weighted by Crippen LogP contribution is -2.32. The van der Waals surface area contributed by atoms with Crippen LogP contribution >= 0.6 is 0 Å². The first kappa shape index (κ1) is 12.7. The van der Waals surface area contributed by atoms with E-state index < -0.39 is 0 Å². The van der Waals surface area contributed by atoms with Gasteiger partial charge in [0.1, 0.15) is 0 Å². The highest BCUT2D eigenvalue weighted by molar-refractivity contribution is 4.90. The second-order valence-corrected chi connectivity index (χ2v) is 5.09. The fraction of sp³-hybridized carbons (Fsp3) is 0.846. The summed E-state index contributed by atoms with van der Waals surface area (Å²) in [5.74, 6) is 1.36. The van der Waals surface area contributed by atoms with E-state index in [2.05, 4.69) is 31.3 Å². The van der Waals surface area contributed by atoms with E-state index in [1.807, 2.05) is 0 Å². The SMILES string of the molecule is CC(C)CC(O)CNCC1CC=CCC1. The summed E-state index contributed by atoms with van der Waals surface area (Å²) in [4.78, 5) is 0. The minimum absolute atomic E-state index is 0.177. The van der Waals surface area contributed by atoms with Crippen molar-refractivity contribution in [2.75, 3.05) is 13.1 Å². The van der Waals surface area contributed by atoms with Crippen molar-refractivity contribution >= 4 is 0 Å². The molecule has 2 unspecified atom stereocenters. The van der Waals surface area contributed by atoms with Gasteiger partial charge in [0.15, 0.2) is 0 Å². The van der Waals surface area contributed by atoms with Gasteiger partial charge < -0.3 is 10.4 Å². The van der Waals surface area contributed by atoms with Gasteiger partial charge in [-0.15, -0.1) is 0 Å². The van der Waals surface area contributed by atoms with Gasteiger partial charge in [0.2, 0.25) is 0 Å². The number of aliphatic hydroxyl groups excluding tert-OH is 1. The van der Waals surface area contributed by atoms with Gasteiger partial charge in [-0.05, 0) is 44.1 Å². The Morgan fingerprint density at radius 1 is 1.40 bits per heavy atom. The lowest BCUT2D eigenvalue weighted by atomic mass is 9.94. The summed E-state index contributed by atoms with van der Waals surface area (Å²) < 4.78 is 0. The van der Waals surface area contributed by atoms with E-state index >= 15 is 0 Å². The van der Waals surface area contributed by atoms with Gasteiger partial charge in [0.05, 0.1) is 6.10 Å². The van der Waals surface area contributed by atoms with Crippen LogP contribution in [-0.4, -0.2) is 24.3 Å². The van der Waals surface area contributed by atoms with Crippen molar-refractivity contribution in [1.29, 1.82) is 0 Å². The van der Waals surface area contributed by atoms with Gasteiger partial charge in [-0.25, -0.2) is 0 Å². The minimum Gasteiger partial charge on any atom is -0.392 e. The van der Waals surface area contributed by atoms with Crippen LogP contribution in [0.25, 0.3) is 0 Å². The van der Waals surface area contributed by atoms with Crippen molar-refractivity contribution in [3.63, 3.8) is 0 Å². The molecule has 0 heterocycles. The van der Waals surface area contributed by atoms with Gasteiger partial charge in [-0.2, -0.15) is 0 Å². The van der Waals surface area contributed by atoms with Gasteiger partial charge in [-0.3, -0.25) is 0 Å². The lowest BCUT2D eigenvalue weighted by Gasteiger charge is -2.20. The maximum Gasteiger partial charge on any atom is 0.0667 e. The Bertz CT molecular complexity index is 189. The first-order valence-corrected chi connectivity index (χ1v) is 6.22. The Labute approximate surface area is 93.8 Å². The Balaban J connectivity index is 2.02. The summed E-state index contributed by atoms with van der Waals surface area (Å²) in [6.45, 7) is 6.10. The first-order valence-electron chi connectivity index (χ1n) is 6.22. The second-order valence-electron chi connectivity index (χ2n) is 5.09. The molecule has 2 N–H and O–H groups in total. The summed E-state index contributed by atoms with van der Waals surface area (Å²) >= 11 is 0. The van der Waals surface area contributed by atoms with Crippen LogP contribution in [-0.2, 0) is 0 Å². The van der Waals surface area contributed by atoms with Gasteiger partial charge in [0, 0.05) is 6.54 Å². The molecule has 0 radical (unpaired) electrons. The molecule has 0 aromatic rings. The Kier molecular flexibility index (Phi) is 5.96. The quantitative estimate of drug-likeness (QED) is 0.661. The van der Waals surface area contributed by atoms with Crippen molar-refractivity contribution in [3.8, 4) is 0 Å². The summed E-state index contributed by atoms with van der Waals surface area (Å²) in [6, 6.07) is 0. The van der Waals surface area contributed by atoms with Crippen LogP contribution < -0.4 is 5.32 Å². The molecule has 0 amide bonds. The molecular weight excluding hydrogens is 186 g/mol.